The van der Waals surface area contributed by atoms with Gasteiger partial charge in [-0.05, 0) is 30.5 Å². The molecule has 0 unspecified atom stereocenters. The van der Waals surface area contributed by atoms with Crippen molar-refractivity contribution in [3.63, 3.8) is 0 Å². The molecule has 3 aromatic heterocycles. The first-order chi connectivity index (χ1) is 8.65. The molecule has 5 heteroatoms. The summed E-state index contributed by atoms with van der Waals surface area (Å²) in [7, 11) is 1.90. The summed E-state index contributed by atoms with van der Waals surface area (Å²) in [6.45, 7) is 2.51. The molecule has 0 radical (unpaired) electrons. The van der Waals surface area contributed by atoms with Gasteiger partial charge in [0.05, 0.1) is 23.3 Å². The minimum Gasteiger partial charge on any atom is -0.309 e. The molecule has 0 aliphatic heterocycles. The summed E-state index contributed by atoms with van der Waals surface area (Å²) < 4.78 is 4.59. The Morgan fingerprint density at radius 2 is 2.22 bits per heavy atom. The molecule has 0 N–H and O–H groups in total. The second-order valence-corrected chi connectivity index (χ2v) is 5.30. The maximum absolute atomic E-state index is 12.3. The molecule has 0 atom stereocenters. The first-order valence-corrected chi connectivity index (χ1v) is 6.59. The second kappa shape index (κ2) is 4.10. The average Bonchev–Trinajstić information content (AvgIpc) is 2.90. The number of hydrogen-bond donors (Lipinski definition) is 0. The number of nitrogens with zero attached hydrogens (tertiary/aromatic N) is 3. The zero-order chi connectivity index (χ0) is 12.7. The van der Waals surface area contributed by atoms with Crippen molar-refractivity contribution in [3.8, 4) is 0 Å². The number of hydrogen-bond acceptors (Lipinski definition) is 3. The highest BCUT2D eigenvalue weighted by molar-refractivity contribution is 7.17. The van der Waals surface area contributed by atoms with Gasteiger partial charge in [0.2, 0.25) is 0 Å². The van der Waals surface area contributed by atoms with Crippen LogP contribution in [0.2, 0.25) is 0 Å². The van der Waals surface area contributed by atoms with Crippen LogP contribution in [-0.4, -0.2) is 14.3 Å². The van der Waals surface area contributed by atoms with Crippen molar-refractivity contribution in [3.05, 3.63) is 51.5 Å². The summed E-state index contributed by atoms with van der Waals surface area (Å²) >= 11 is 1.59. The molecule has 0 fully saturated rings. The van der Waals surface area contributed by atoms with Gasteiger partial charge >= 0.3 is 0 Å². The smallest absolute Gasteiger partial charge is 0.259 e. The highest BCUT2D eigenvalue weighted by atomic mass is 32.1. The number of thiophene rings is 1. The van der Waals surface area contributed by atoms with Gasteiger partial charge in [0, 0.05) is 17.9 Å². The maximum Gasteiger partial charge on any atom is 0.259 e. The lowest BCUT2D eigenvalue weighted by Gasteiger charge is -2.05. The van der Waals surface area contributed by atoms with Crippen LogP contribution in [0.3, 0.4) is 0 Å². The lowest BCUT2D eigenvalue weighted by Crippen LogP contribution is -2.20. The minimum atomic E-state index is 0.0626. The molecule has 18 heavy (non-hydrogen) atoms. The summed E-state index contributed by atoms with van der Waals surface area (Å²) in [4.78, 5) is 12.3. The van der Waals surface area contributed by atoms with E-state index in [-0.39, 0.29) is 5.56 Å². The number of rotatable bonds is 2. The van der Waals surface area contributed by atoms with E-state index < -0.39 is 0 Å². The fraction of sp³-hybridized carbons (Fsp3) is 0.231. The summed E-state index contributed by atoms with van der Waals surface area (Å²) in [5.74, 6) is 0. The van der Waals surface area contributed by atoms with Gasteiger partial charge in [0.25, 0.3) is 5.56 Å². The van der Waals surface area contributed by atoms with E-state index in [2.05, 4.69) is 5.10 Å². The Labute approximate surface area is 108 Å². The van der Waals surface area contributed by atoms with Gasteiger partial charge in [0.15, 0.2) is 0 Å². The molecule has 0 amide bonds. The van der Waals surface area contributed by atoms with Gasteiger partial charge < -0.3 is 4.57 Å². The average molecular weight is 259 g/mol. The van der Waals surface area contributed by atoms with E-state index in [0.717, 1.165) is 21.5 Å². The van der Waals surface area contributed by atoms with Gasteiger partial charge in [-0.1, -0.05) is 0 Å². The third-order valence-electron chi connectivity index (χ3n) is 3.02. The van der Waals surface area contributed by atoms with Crippen molar-refractivity contribution >= 4 is 21.4 Å². The van der Waals surface area contributed by atoms with Crippen molar-refractivity contribution in [1.29, 1.82) is 0 Å². The largest absolute Gasteiger partial charge is 0.309 e. The Morgan fingerprint density at radius 1 is 1.39 bits per heavy atom. The SMILES string of the molecule is Cc1cc(Cn2ccc3sccc3c2=O)n(C)n1. The fourth-order valence-electron chi connectivity index (χ4n) is 2.12. The highest BCUT2D eigenvalue weighted by Crippen LogP contribution is 2.16. The Morgan fingerprint density at radius 3 is 2.94 bits per heavy atom. The van der Waals surface area contributed by atoms with Crippen LogP contribution < -0.4 is 5.56 Å². The molecule has 0 saturated carbocycles. The first-order valence-electron chi connectivity index (χ1n) is 5.71. The van der Waals surface area contributed by atoms with Crippen LogP contribution in [0.1, 0.15) is 11.4 Å². The highest BCUT2D eigenvalue weighted by Gasteiger charge is 2.07. The topological polar surface area (TPSA) is 39.8 Å². The molecule has 3 heterocycles. The minimum absolute atomic E-state index is 0.0626. The molecule has 3 aromatic rings. The Kier molecular flexibility index (Phi) is 2.56. The van der Waals surface area contributed by atoms with Gasteiger partial charge in [-0.25, -0.2) is 0 Å². The number of aromatic nitrogens is 3. The van der Waals surface area contributed by atoms with Crippen LogP contribution in [-0.2, 0) is 13.6 Å². The van der Waals surface area contributed by atoms with E-state index in [9.17, 15) is 4.79 Å². The molecule has 0 bridgehead atoms. The van der Waals surface area contributed by atoms with Crippen molar-refractivity contribution in [2.75, 3.05) is 0 Å². The summed E-state index contributed by atoms with van der Waals surface area (Å²) in [6, 6.07) is 5.88. The summed E-state index contributed by atoms with van der Waals surface area (Å²) in [5, 5.41) is 7.03. The summed E-state index contributed by atoms with van der Waals surface area (Å²) in [6.07, 6.45) is 1.85. The van der Waals surface area contributed by atoms with Gasteiger partial charge in [0.1, 0.15) is 0 Å². The fourth-order valence-corrected chi connectivity index (χ4v) is 2.89. The standard InChI is InChI=1S/C13H13N3OS/c1-9-7-10(15(2)14-9)8-16-5-3-12-11(13(16)17)4-6-18-12/h3-7H,8H2,1-2H3. The third-order valence-corrected chi connectivity index (χ3v) is 3.91. The monoisotopic (exact) mass is 259 g/mol. The normalized spacial score (nSPS) is 11.2. The zero-order valence-corrected chi connectivity index (χ0v) is 11.1. The lowest BCUT2D eigenvalue weighted by molar-refractivity contribution is 0.654. The van der Waals surface area contributed by atoms with Crippen LogP contribution in [0.5, 0.6) is 0 Å². The van der Waals surface area contributed by atoms with E-state index >= 15 is 0 Å². The van der Waals surface area contributed by atoms with Crippen LogP contribution >= 0.6 is 11.3 Å². The number of aryl methyl sites for hydroxylation is 2. The molecule has 4 nitrogen and oxygen atoms in total. The maximum atomic E-state index is 12.3. The third kappa shape index (κ3) is 1.76. The molecule has 0 spiro atoms. The Bertz CT molecular complexity index is 766. The zero-order valence-electron chi connectivity index (χ0n) is 10.3. The Hall–Kier alpha value is -1.88. The first kappa shape index (κ1) is 11.2. The van der Waals surface area contributed by atoms with Gasteiger partial charge in [-0.15, -0.1) is 11.3 Å². The molecule has 3 rings (SSSR count). The van der Waals surface area contributed by atoms with E-state index in [0.29, 0.717) is 6.54 Å². The van der Waals surface area contributed by atoms with Crippen LogP contribution in [0, 0.1) is 6.92 Å². The van der Waals surface area contributed by atoms with Crippen molar-refractivity contribution in [1.82, 2.24) is 14.3 Å². The predicted molar refractivity (Wildman–Crippen MR) is 73.1 cm³/mol. The van der Waals surface area contributed by atoms with Crippen LogP contribution in [0.15, 0.2) is 34.6 Å². The van der Waals surface area contributed by atoms with E-state index in [1.54, 1.807) is 15.9 Å². The van der Waals surface area contributed by atoms with Crippen molar-refractivity contribution < 1.29 is 0 Å². The molecule has 0 saturated heterocycles. The quantitative estimate of drug-likeness (QED) is 0.707. The van der Waals surface area contributed by atoms with Crippen LogP contribution in [0.25, 0.3) is 10.1 Å². The van der Waals surface area contributed by atoms with E-state index in [1.807, 2.05) is 48.4 Å². The van der Waals surface area contributed by atoms with E-state index in [1.165, 1.54) is 0 Å². The Balaban J connectivity index is 2.07. The second-order valence-electron chi connectivity index (χ2n) is 4.35. The molecule has 0 aliphatic rings. The van der Waals surface area contributed by atoms with Crippen molar-refractivity contribution in [2.45, 2.75) is 13.5 Å². The molecular formula is C13H13N3OS. The van der Waals surface area contributed by atoms with Gasteiger partial charge in [-0.3, -0.25) is 9.48 Å². The van der Waals surface area contributed by atoms with E-state index in [4.69, 9.17) is 0 Å². The molecular weight excluding hydrogens is 246 g/mol. The number of fused-ring (bicyclic) bond motifs is 1. The lowest BCUT2D eigenvalue weighted by atomic mass is 10.3. The number of pyridine rings is 1. The molecule has 0 aliphatic carbocycles. The predicted octanol–water partition coefficient (Wildman–Crippen LogP) is 2.15. The van der Waals surface area contributed by atoms with Crippen molar-refractivity contribution in [2.24, 2.45) is 7.05 Å². The summed E-state index contributed by atoms with van der Waals surface area (Å²) in [5.41, 5.74) is 2.06. The van der Waals surface area contributed by atoms with Gasteiger partial charge in [-0.2, -0.15) is 5.10 Å². The molecule has 0 aromatic carbocycles. The van der Waals surface area contributed by atoms with Crippen LogP contribution in [0.4, 0.5) is 0 Å². The molecule has 92 valence electrons.